The average Bonchev–Trinajstić information content (AvgIpc) is 3.04. The fourth-order valence-corrected chi connectivity index (χ4v) is 2.19. The Morgan fingerprint density at radius 3 is 2.59 bits per heavy atom. The van der Waals surface area contributed by atoms with Crippen molar-refractivity contribution in [2.45, 2.75) is 32.9 Å². The van der Waals surface area contributed by atoms with Crippen LogP contribution in [0.3, 0.4) is 0 Å². The molecule has 7 nitrogen and oxygen atoms in total. The Labute approximate surface area is 129 Å². The van der Waals surface area contributed by atoms with E-state index in [0.717, 1.165) is 11.3 Å². The molecule has 0 aliphatic rings. The molecule has 0 saturated carbocycles. The molecule has 0 aliphatic heterocycles. The molecule has 1 atom stereocenters. The first-order valence-corrected chi connectivity index (χ1v) is 7.24. The van der Waals surface area contributed by atoms with Gasteiger partial charge in [-0.15, -0.1) is 5.10 Å². The molecule has 0 spiro atoms. The molecular formula is C15H21N5O2. The van der Waals surface area contributed by atoms with E-state index in [1.807, 2.05) is 24.3 Å². The van der Waals surface area contributed by atoms with E-state index in [2.05, 4.69) is 34.7 Å². The molecule has 2 rings (SSSR count). The molecule has 0 unspecified atom stereocenters. The van der Waals surface area contributed by atoms with Gasteiger partial charge in [0.15, 0.2) is 0 Å². The van der Waals surface area contributed by atoms with E-state index in [0.29, 0.717) is 13.0 Å². The van der Waals surface area contributed by atoms with Crippen molar-refractivity contribution in [2.75, 3.05) is 7.11 Å². The van der Waals surface area contributed by atoms with Crippen molar-refractivity contribution in [2.24, 2.45) is 5.92 Å². The number of ether oxygens (including phenoxy) is 1. The zero-order valence-electron chi connectivity index (χ0n) is 13.1. The van der Waals surface area contributed by atoms with Gasteiger partial charge in [-0.3, -0.25) is 4.79 Å². The maximum Gasteiger partial charge on any atom is 0.222 e. The van der Waals surface area contributed by atoms with Gasteiger partial charge in [-0.2, -0.15) is 0 Å². The third-order valence-electron chi connectivity index (χ3n) is 3.42. The number of hydrogen-bond donors (Lipinski definition) is 1. The molecule has 22 heavy (non-hydrogen) atoms. The van der Waals surface area contributed by atoms with Gasteiger partial charge in [0.2, 0.25) is 5.91 Å². The number of carbonyl (C=O) groups is 1. The first-order chi connectivity index (χ1) is 10.6. The third kappa shape index (κ3) is 4.28. The third-order valence-corrected chi connectivity index (χ3v) is 3.42. The molecule has 2 aromatic rings. The molecule has 0 bridgehead atoms. The molecule has 0 fully saturated rings. The predicted octanol–water partition coefficient (Wildman–Crippen LogP) is 1.59. The summed E-state index contributed by atoms with van der Waals surface area (Å²) < 4.78 is 6.70. The number of amides is 1. The van der Waals surface area contributed by atoms with E-state index in [9.17, 15) is 4.79 Å². The lowest BCUT2D eigenvalue weighted by Crippen LogP contribution is -2.32. The standard InChI is InChI=1S/C15H21N5O2/c1-11(2)15(12-4-6-13(22-3)7-5-12)17-14(21)8-9-20-10-16-18-19-20/h4-7,10-11,15H,8-9H2,1-3H3,(H,17,21)/t15-/m0/s1. The minimum atomic E-state index is -0.0349. The number of aromatic nitrogens is 4. The first-order valence-electron chi connectivity index (χ1n) is 7.24. The van der Waals surface area contributed by atoms with Crippen LogP contribution in [-0.4, -0.2) is 33.2 Å². The second-order valence-electron chi connectivity index (χ2n) is 5.39. The van der Waals surface area contributed by atoms with Crippen LogP contribution in [0.4, 0.5) is 0 Å². The van der Waals surface area contributed by atoms with Gasteiger partial charge >= 0.3 is 0 Å². The van der Waals surface area contributed by atoms with Gasteiger partial charge in [-0.25, -0.2) is 4.68 Å². The summed E-state index contributed by atoms with van der Waals surface area (Å²) in [6.45, 7) is 4.62. The van der Waals surface area contributed by atoms with Crippen molar-refractivity contribution >= 4 is 5.91 Å². The molecule has 1 amide bonds. The zero-order valence-corrected chi connectivity index (χ0v) is 13.1. The van der Waals surface area contributed by atoms with Gasteiger partial charge in [0, 0.05) is 6.42 Å². The number of nitrogens with one attached hydrogen (secondary N) is 1. The van der Waals surface area contributed by atoms with Crippen LogP contribution in [-0.2, 0) is 11.3 Å². The summed E-state index contributed by atoms with van der Waals surface area (Å²) in [4.78, 5) is 12.1. The summed E-state index contributed by atoms with van der Waals surface area (Å²) in [7, 11) is 1.63. The lowest BCUT2D eigenvalue weighted by molar-refractivity contribution is -0.122. The lowest BCUT2D eigenvalue weighted by atomic mass is 9.96. The van der Waals surface area contributed by atoms with Gasteiger partial charge in [-0.05, 0) is 34.0 Å². The van der Waals surface area contributed by atoms with E-state index in [1.165, 1.54) is 11.0 Å². The number of benzene rings is 1. The minimum Gasteiger partial charge on any atom is -0.497 e. The normalized spacial score (nSPS) is 12.2. The Kier molecular flexibility index (Phi) is 5.46. The van der Waals surface area contributed by atoms with Crippen LogP contribution < -0.4 is 10.1 Å². The van der Waals surface area contributed by atoms with Gasteiger partial charge in [0.1, 0.15) is 12.1 Å². The number of tetrazole rings is 1. The molecular weight excluding hydrogens is 282 g/mol. The molecule has 0 aliphatic carbocycles. The summed E-state index contributed by atoms with van der Waals surface area (Å²) in [5.74, 6) is 1.06. The molecule has 118 valence electrons. The van der Waals surface area contributed by atoms with Crippen LogP contribution in [0.2, 0.25) is 0 Å². The van der Waals surface area contributed by atoms with Crippen LogP contribution in [0.5, 0.6) is 5.75 Å². The Morgan fingerprint density at radius 1 is 1.32 bits per heavy atom. The average molecular weight is 303 g/mol. The SMILES string of the molecule is COc1ccc([C@@H](NC(=O)CCn2cnnn2)C(C)C)cc1. The monoisotopic (exact) mass is 303 g/mol. The highest BCUT2D eigenvalue weighted by Crippen LogP contribution is 2.24. The highest BCUT2D eigenvalue weighted by molar-refractivity contribution is 5.76. The number of aryl methyl sites for hydroxylation is 1. The Hall–Kier alpha value is -2.44. The highest BCUT2D eigenvalue weighted by Gasteiger charge is 2.18. The van der Waals surface area contributed by atoms with E-state index in [4.69, 9.17) is 4.74 Å². The highest BCUT2D eigenvalue weighted by atomic mass is 16.5. The van der Waals surface area contributed by atoms with Crippen molar-refractivity contribution in [1.82, 2.24) is 25.5 Å². The Morgan fingerprint density at radius 2 is 2.05 bits per heavy atom. The minimum absolute atomic E-state index is 0.0231. The number of methoxy groups -OCH3 is 1. The summed E-state index contributed by atoms with van der Waals surface area (Å²) in [6, 6.07) is 7.72. The summed E-state index contributed by atoms with van der Waals surface area (Å²) in [5.41, 5.74) is 1.06. The zero-order chi connectivity index (χ0) is 15.9. The summed E-state index contributed by atoms with van der Waals surface area (Å²) in [6.07, 6.45) is 1.83. The number of rotatable bonds is 7. The Balaban J connectivity index is 1.96. The lowest BCUT2D eigenvalue weighted by Gasteiger charge is -2.23. The molecule has 1 heterocycles. The summed E-state index contributed by atoms with van der Waals surface area (Å²) >= 11 is 0. The maximum absolute atomic E-state index is 12.1. The van der Waals surface area contributed by atoms with E-state index < -0.39 is 0 Å². The van der Waals surface area contributed by atoms with Gasteiger partial charge in [-0.1, -0.05) is 26.0 Å². The van der Waals surface area contributed by atoms with Gasteiger partial charge in [0.05, 0.1) is 19.7 Å². The second-order valence-corrected chi connectivity index (χ2v) is 5.39. The van der Waals surface area contributed by atoms with Crippen LogP contribution in [0.1, 0.15) is 31.9 Å². The molecule has 0 saturated heterocycles. The van der Waals surface area contributed by atoms with Gasteiger partial charge in [0.25, 0.3) is 0 Å². The van der Waals surface area contributed by atoms with Crippen LogP contribution >= 0.6 is 0 Å². The summed E-state index contributed by atoms with van der Waals surface area (Å²) in [5, 5.41) is 13.9. The van der Waals surface area contributed by atoms with Crippen LogP contribution in [0.25, 0.3) is 0 Å². The fourth-order valence-electron chi connectivity index (χ4n) is 2.19. The maximum atomic E-state index is 12.1. The van der Waals surface area contributed by atoms with Crippen molar-refractivity contribution < 1.29 is 9.53 Å². The van der Waals surface area contributed by atoms with E-state index >= 15 is 0 Å². The smallest absolute Gasteiger partial charge is 0.222 e. The number of hydrogen-bond acceptors (Lipinski definition) is 5. The molecule has 1 aromatic heterocycles. The predicted molar refractivity (Wildman–Crippen MR) is 81.1 cm³/mol. The van der Waals surface area contributed by atoms with Crippen LogP contribution in [0, 0.1) is 5.92 Å². The topological polar surface area (TPSA) is 81.9 Å². The van der Waals surface area contributed by atoms with Crippen molar-refractivity contribution in [1.29, 1.82) is 0 Å². The Bertz CT molecular complexity index is 580. The van der Waals surface area contributed by atoms with E-state index in [-0.39, 0.29) is 17.9 Å². The fraction of sp³-hybridized carbons (Fsp3) is 0.467. The second kappa shape index (κ2) is 7.53. The van der Waals surface area contributed by atoms with E-state index in [1.54, 1.807) is 7.11 Å². The number of carbonyl (C=O) groups excluding carboxylic acids is 1. The molecule has 1 N–H and O–H groups in total. The largest absolute Gasteiger partial charge is 0.497 e. The van der Waals surface area contributed by atoms with Crippen LogP contribution in [0.15, 0.2) is 30.6 Å². The first kappa shape index (κ1) is 15.9. The van der Waals surface area contributed by atoms with Crippen molar-refractivity contribution in [3.8, 4) is 5.75 Å². The van der Waals surface area contributed by atoms with Gasteiger partial charge < -0.3 is 10.1 Å². The molecule has 0 radical (unpaired) electrons. The number of nitrogens with zero attached hydrogens (tertiary/aromatic N) is 4. The van der Waals surface area contributed by atoms with Crippen molar-refractivity contribution in [3.63, 3.8) is 0 Å². The molecule has 1 aromatic carbocycles. The quantitative estimate of drug-likeness (QED) is 0.840. The molecule has 7 heteroatoms. The van der Waals surface area contributed by atoms with Crippen molar-refractivity contribution in [3.05, 3.63) is 36.2 Å².